The van der Waals surface area contributed by atoms with E-state index >= 15 is 0 Å². The van der Waals surface area contributed by atoms with Crippen molar-refractivity contribution >= 4 is 24.5 Å². The van der Waals surface area contributed by atoms with Crippen molar-refractivity contribution in [1.82, 2.24) is 4.72 Å². The molecule has 1 aliphatic heterocycles. The molecule has 22 heavy (non-hydrogen) atoms. The van der Waals surface area contributed by atoms with Crippen molar-refractivity contribution in [2.45, 2.75) is 57.1 Å². The quantitative estimate of drug-likeness (QED) is 0.514. The van der Waals surface area contributed by atoms with Crippen molar-refractivity contribution in [3.8, 4) is 6.07 Å². The van der Waals surface area contributed by atoms with Gasteiger partial charge in [-0.3, -0.25) is 4.72 Å². The Hall–Kier alpha value is -0.995. The Morgan fingerprint density at radius 2 is 1.82 bits per heavy atom. The van der Waals surface area contributed by atoms with Crippen molar-refractivity contribution in [1.29, 1.82) is 5.26 Å². The lowest BCUT2D eigenvalue weighted by Crippen LogP contribution is -2.41. The number of nitrogens with one attached hydrogen (secondary N) is 1. The summed E-state index contributed by atoms with van der Waals surface area (Å²) in [6.45, 7) is 11.0. The molecule has 0 bridgehead atoms. The maximum atomic E-state index is 8.56. The average Bonchev–Trinajstić information content (AvgIpc) is 2.63. The predicted molar refractivity (Wildman–Crippen MR) is 91.0 cm³/mol. The van der Waals surface area contributed by atoms with Crippen LogP contribution in [0.1, 0.15) is 39.7 Å². The Morgan fingerprint density at radius 3 is 2.41 bits per heavy atom. The molecule has 2 rings (SSSR count). The van der Waals surface area contributed by atoms with Crippen LogP contribution in [0, 0.1) is 18.3 Å². The van der Waals surface area contributed by atoms with E-state index in [1.54, 1.807) is 0 Å². The van der Waals surface area contributed by atoms with Gasteiger partial charge in [0.25, 0.3) is 0 Å². The van der Waals surface area contributed by atoms with Gasteiger partial charge in [-0.1, -0.05) is 11.6 Å². The fourth-order valence-corrected chi connectivity index (χ4v) is 3.00. The smallest absolute Gasteiger partial charge is 0.399 e. The molecule has 1 N–H and O–H groups in total. The highest BCUT2D eigenvalue weighted by Gasteiger charge is 2.51. The van der Waals surface area contributed by atoms with Crippen LogP contribution in [0.5, 0.6) is 0 Å². The monoisotopic (exact) mass is 318 g/mol. The lowest BCUT2D eigenvalue weighted by Gasteiger charge is -2.32. The zero-order valence-corrected chi connectivity index (χ0v) is 14.7. The molecule has 1 fully saturated rings. The topological polar surface area (TPSA) is 54.3 Å². The first kappa shape index (κ1) is 17.4. The highest BCUT2D eigenvalue weighted by atomic mass is 32.2. The van der Waals surface area contributed by atoms with Gasteiger partial charge in [-0.15, -0.1) is 0 Å². The van der Waals surface area contributed by atoms with E-state index in [1.165, 1.54) is 11.9 Å². The van der Waals surface area contributed by atoms with Gasteiger partial charge in [0.15, 0.2) is 0 Å². The van der Waals surface area contributed by atoms with Gasteiger partial charge in [0.1, 0.15) is 0 Å². The molecule has 0 aromatic heterocycles. The summed E-state index contributed by atoms with van der Waals surface area (Å²) in [5.41, 5.74) is 1.53. The summed E-state index contributed by atoms with van der Waals surface area (Å²) in [6.07, 6.45) is 0.503. The van der Waals surface area contributed by atoms with Crippen LogP contribution >= 0.6 is 11.9 Å². The lowest BCUT2D eigenvalue weighted by molar-refractivity contribution is 0.00578. The van der Waals surface area contributed by atoms with Crippen molar-refractivity contribution in [2.24, 2.45) is 0 Å². The Labute approximate surface area is 137 Å². The van der Waals surface area contributed by atoms with Gasteiger partial charge in [0.05, 0.1) is 17.3 Å². The van der Waals surface area contributed by atoms with Crippen molar-refractivity contribution in [2.75, 3.05) is 6.54 Å². The second-order valence-electron chi connectivity index (χ2n) is 6.57. The van der Waals surface area contributed by atoms with Crippen LogP contribution in [-0.4, -0.2) is 24.9 Å². The summed E-state index contributed by atoms with van der Waals surface area (Å²) in [4.78, 5) is 1.10. The maximum Gasteiger partial charge on any atom is 0.494 e. The molecule has 4 nitrogen and oxygen atoms in total. The molecule has 6 heteroatoms. The first-order chi connectivity index (χ1) is 10.2. The van der Waals surface area contributed by atoms with Gasteiger partial charge < -0.3 is 9.31 Å². The van der Waals surface area contributed by atoms with Crippen molar-refractivity contribution < 1.29 is 9.31 Å². The molecule has 1 aliphatic rings. The third kappa shape index (κ3) is 3.85. The number of aryl methyl sites for hydroxylation is 1. The number of hydrogen-bond acceptors (Lipinski definition) is 5. The molecule has 0 unspecified atom stereocenters. The first-order valence-electron chi connectivity index (χ1n) is 7.49. The minimum atomic E-state index is -0.344. The van der Waals surface area contributed by atoms with E-state index in [0.29, 0.717) is 13.0 Å². The Balaban J connectivity index is 2.12. The normalized spacial score (nSPS) is 19.2. The van der Waals surface area contributed by atoms with Crippen LogP contribution < -0.4 is 10.2 Å². The minimum absolute atomic E-state index is 0.334. The van der Waals surface area contributed by atoms with Gasteiger partial charge in [-0.05, 0) is 64.2 Å². The largest absolute Gasteiger partial charge is 0.494 e. The average molecular weight is 318 g/mol. The summed E-state index contributed by atoms with van der Waals surface area (Å²) in [5.74, 6) is 0. The van der Waals surface area contributed by atoms with E-state index in [2.05, 4.69) is 63.6 Å². The van der Waals surface area contributed by atoms with Crippen LogP contribution in [0.4, 0.5) is 0 Å². The SMILES string of the molecule is Cc1cc(SNCCC#N)cc(B2OC(C)(C)C(C)(C)O2)c1. The number of benzene rings is 1. The predicted octanol–water partition coefficient (Wildman–Crippen LogP) is 2.80. The maximum absolute atomic E-state index is 8.56. The number of nitriles is 1. The minimum Gasteiger partial charge on any atom is -0.399 e. The summed E-state index contributed by atoms with van der Waals surface area (Å²) < 4.78 is 15.4. The molecular formula is C16H23BN2O2S. The van der Waals surface area contributed by atoms with Crippen LogP contribution in [0.15, 0.2) is 23.1 Å². The molecule has 0 spiro atoms. The zero-order valence-electron chi connectivity index (χ0n) is 13.9. The van der Waals surface area contributed by atoms with E-state index < -0.39 is 0 Å². The van der Waals surface area contributed by atoms with E-state index in [0.717, 1.165) is 15.9 Å². The fourth-order valence-electron chi connectivity index (χ4n) is 2.19. The van der Waals surface area contributed by atoms with E-state index in [9.17, 15) is 0 Å². The molecular weight excluding hydrogens is 295 g/mol. The summed E-state index contributed by atoms with van der Waals surface area (Å²) in [7, 11) is -0.344. The number of hydrogen-bond donors (Lipinski definition) is 1. The van der Waals surface area contributed by atoms with E-state index in [1.807, 2.05) is 0 Å². The standard InChI is InChI=1S/C16H23BN2O2S/c1-12-9-13(11-14(10-12)22-19-8-6-7-18)17-20-15(2,3)16(4,5)21-17/h9-11,19H,6,8H2,1-5H3. The Morgan fingerprint density at radius 1 is 1.18 bits per heavy atom. The van der Waals surface area contributed by atoms with Crippen LogP contribution in [0.2, 0.25) is 0 Å². The van der Waals surface area contributed by atoms with Gasteiger partial charge in [-0.2, -0.15) is 5.26 Å². The molecule has 0 saturated carbocycles. The van der Waals surface area contributed by atoms with Crippen LogP contribution in [0.3, 0.4) is 0 Å². The molecule has 1 heterocycles. The summed E-state index contributed by atoms with van der Waals surface area (Å²) in [6, 6.07) is 8.41. The van der Waals surface area contributed by atoms with Crippen molar-refractivity contribution in [3.63, 3.8) is 0 Å². The van der Waals surface area contributed by atoms with E-state index in [-0.39, 0.29) is 18.3 Å². The molecule has 118 valence electrons. The highest BCUT2D eigenvalue weighted by molar-refractivity contribution is 7.97. The second kappa shape index (κ2) is 6.63. The first-order valence-corrected chi connectivity index (χ1v) is 8.31. The zero-order chi connectivity index (χ0) is 16.4. The Kier molecular flexibility index (Phi) is 5.23. The molecule has 0 aliphatic carbocycles. The molecule has 0 atom stereocenters. The van der Waals surface area contributed by atoms with E-state index in [4.69, 9.17) is 14.6 Å². The molecule has 1 aromatic carbocycles. The third-order valence-corrected chi connectivity index (χ3v) is 4.95. The molecule has 0 radical (unpaired) electrons. The molecule has 1 saturated heterocycles. The lowest BCUT2D eigenvalue weighted by atomic mass is 9.78. The van der Waals surface area contributed by atoms with Crippen molar-refractivity contribution in [3.05, 3.63) is 23.8 Å². The van der Waals surface area contributed by atoms with Crippen LogP contribution in [0.25, 0.3) is 0 Å². The molecule has 1 aromatic rings. The number of nitrogens with zero attached hydrogens (tertiary/aromatic N) is 1. The van der Waals surface area contributed by atoms with Gasteiger partial charge in [-0.25, -0.2) is 0 Å². The van der Waals surface area contributed by atoms with Gasteiger partial charge in [0.2, 0.25) is 0 Å². The summed E-state index contributed by atoms with van der Waals surface area (Å²) in [5, 5.41) is 8.56. The second-order valence-corrected chi connectivity index (χ2v) is 7.54. The third-order valence-electron chi connectivity index (χ3n) is 4.13. The van der Waals surface area contributed by atoms with Gasteiger partial charge in [0, 0.05) is 17.9 Å². The van der Waals surface area contributed by atoms with Crippen LogP contribution in [-0.2, 0) is 9.31 Å². The fraction of sp³-hybridized carbons (Fsp3) is 0.562. The highest BCUT2D eigenvalue weighted by Crippen LogP contribution is 2.36. The molecule has 0 amide bonds. The summed E-state index contributed by atoms with van der Waals surface area (Å²) >= 11 is 1.54. The van der Waals surface area contributed by atoms with Gasteiger partial charge >= 0.3 is 7.12 Å². The number of rotatable bonds is 5. The Bertz CT molecular complexity index is 568.